The van der Waals surface area contributed by atoms with Crippen molar-refractivity contribution in [2.45, 2.75) is 0 Å². The van der Waals surface area contributed by atoms with Crippen LogP contribution in [0.3, 0.4) is 0 Å². The van der Waals surface area contributed by atoms with E-state index in [0.717, 1.165) is 29.3 Å². The predicted octanol–water partition coefficient (Wildman–Crippen LogP) is 3.93. The van der Waals surface area contributed by atoms with E-state index in [0.29, 0.717) is 5.56 Å². The van der Waals surface area contributed by atoms with Gasteiger partial charge in [0, 0.05) is 11.6 Å². The number of hydrogen-bond donors (Lipinski definition) is 2. The number of non-ortho nitro benzene ring substituents is 1. The molecule has 3 aromatic rings. The molecule has 2 N–H and O–H groups in total. The third kappa shape index (κ3) is 4.10. The van der Waals surface area contributed by atoms with Gasteiger partial charge in [0.1, 0.15) is 5.69 Å². The van der Waals surface area contributed by atoms with Gasteiger partial charge in [0.05, 0.1) is 15.9 Å². The van der Waals surface area contributed by atoms with Crippen molar-refractivity contribution in [1.82, 2.24) is 5.43 Å². The molecule has 9 heteroatoms. The van der Waals surface area contributed by atoms with Gasteiger partial charge in [-0.1, -0.05) is 42.5 Å². The minimum Gasteiger partial charge on any atom is -0.292 e. The van der Waals surface area contributed by atoms with Crippen LogP contribution in [-0.2, 0) is 0 Å². The number of nitrogens with zero attached hydrogens (tertiary/aromatic N) is 2. The molecule has 0 unspecified atom stereocenters. The average molecular weight is 378 g/mol. The Morgan fingerprint density at radius 2 is 1.43 bits per heavy atom. The highest BCUT2D eigenvalue weighted by Crippen LogP contribution is 2.28. The van der Waals surface area contributed by atoms with Crippen LogP contribution >= 0.6 is 0 Å². The van der Waals surface area contributed by atoms with Gasteiger partial charge in [-0.2, -0.15) is 0 Å². The fraction of sp³-hybridized carbons (Fsp3) is 0. The zero-order chi connectivity index (χ0) is 20.1. The number of nitro benzene ring substituents is 2. The number of hydrogen-bond acceptors (Lipinski definition) is 6. The molecule has 28 heavy (non-hydrogen) atoms. The monoisotopic (exact) mass is 378 g/mol. The lowest BCUT2D eigenvalue weighted by molar-refractivity contribution is -0.393. The highest BCUT2D eigenvalue weighted by molar-refractivity contribution is 5.95. The van der Waals surface area contributed by atoms with Gasteiger partial charge in [-0.25, -0.2) is 0 Å². The molecule has 0 bridgehead atoms. The van der Waals surface area contributed by atoms with E-state index >= 15 is 0 Å². The summed E-state index contributed by atoms with van der Waals surface area (Å²) in [6, 6.07) is 19.6. The van der Waals surface area contributed by atoms with E-state index in [2.05, 4.69) is 10.9 Å². The molecule has 140 valence electrons. The first-order valence-corrected chi connectivity index (χ1v) is 8.10. The van der Waals surface area contributed by atoms with E-state index in [1.54, 1.807) is 24.3 Å². The third-order valence-electron chi connectivity index (χ3n) is 3.95. The Bertz CT molecular complexity index is 1040. The molecule has 0 saturated carbocycles. The Morgan fingerprint density at radius 1 is 0.786 bits per heavy atom. The van der Waals surface area contributed by atoms with Gasteiger partial charge < -0.3 is 0 Å². The molecule has 0 aliphatic rings. The summed E-state index contributed by atoms with van der Waals surface area (Å²) in [5, 5.41) is 21.9. The summed E-state index contributed by atoms with van der Waals surface area (Å²) in [6.45, 7) is 0. The van der Waals surface area contributed by atoms with Crippen molar-refractivity contribution in [2.24, 2.45) is 0 Å². The lowest BCUT2D eigenvalue weighted by atomic mass is 10.0. The zero-order valence-electron chi connectivity index (χ0n) is 14.4. The molecule has 0 aliphatic carbocycles. The van der Waals surface area contributed by atoms with Crippen LogP contribution in [0.15, 0.2) is 72.8 Å². The molecule has 0 spiro atoms. The van der Waals surface area contributed by atoms with Gasteiger partial charge in [0.25, 0.3) is 11.6 Å². The second-order valence-corrected chi connectivity index (χ2v) is 5.74. The van der Waals surface area contributed by atoms with Gasteiger partial charge in [0.15, 0.2) is 0 Å². The van der Waals surface area contributed by atoms with Gasteiger partial charge in [-0.3, -0.25) is 35.9 Å². The van der Waals surface area contributed by atoms with Crippen molar-refractivity contribution >= 4 is 23.0 Å². The fourth-order valence-corrected chi connectivity index (χ4v) is 2.53. The second kappa shape index (κ2) is 7.96. The molecule has 0 atom stereocenters. The minimum absolute atomic E-state index is 0.0649. The molecular formula is C19H14N4O5. The molecule has 0 saturated heterocycles. The van der Waals surface area contributed by atoms with Gasteiger partial charge in [0.2, 0.25) is 0 Å². The van der Waals surface area contributed by atoms with Crippen LogP contribution in [0.25, 0.3) is 11.1 Å². The number of carbonyl (C=O) groups excluding carboxylic acids is 1. The number of nitro groups is 2. The Labute approximate surface area is 158 Å². The number of nitrogens with one attached hydrogen (secondary N) is 2. The normalized spacial score (nSPS) is 10.1. The Kier molecular flexibility index (Phi) is 5.26. The van der Waals surface area contributed by atoms with Crippen molar-refractivity contribution in [1.29, 1.82) is 0 Å². The van der Waals surface area contributed by atoms with Crippen molar-refractivity contribution < 1.29 is 14.6 Å². The summed E-state index contributed by atoms with van der Waals surface area (Å²) in [5.41, 5.74) is 6.09. The minimum atomic E-state index is -0.768. The Balaban J connectivity index is 1.72. The van der Waals surface area contributed by atoms with E-state index in [-0.39, 0.29) is 5.69 Å². The Morgan fingerprint density at radius 3 is 2.04 bits per heavy atom. The topological polar surface area (TPSA) is 127 Å². The molecule has 0 radical (unpaired) electrons. The number of anilines is 1. The number of rotatable bonds is 6. The number of benzene rings is 3. The fourth-order valence-electron chi connectivity index (χ4n) is 2.53. The highest BCUT2D eigenvalue weighted by atomic mass is 16.6. The molecule has 0 aromatic heterocycles. The summed E-state index contributed by atoms with van der Waals surface area (Å²) >= 11 is 0. The van der Waals surface area contributed by atoms with Crippen molar-refractivity contribution in [3.8, 4) is 11.1 Å². The van der Waals surface area contributed by atoms with Crippen molar-refractivity contribution in [3.63, 3.8) is 0 Å². The van der Waals surface area contributed by atoms with Crippen LogP contribution in [0.5, 0.6) is 0 Å². The number of carbonyl (C=O) groups is 1. The molecule has 0 aliphatic heterocycles. The molecule has 1 amide bonds. The number of amides is 1. The highest BCUT2D eigenvalue weighted by Gasteiger charge is 2.20. The zero-order valence-corrected chi connectivity index (χ0v) is 14.4. The van der Waals surface area contributed by atoms with E-state index in [1.807, 2.05) is 30.3 Å². The average Bonchev–Trinajstić information content (AvgIpc) is 2.72. The van der Waals surface area contributed by atoms with Gasteiger partial charge in [-0.05, 0) is 29.3 Å². The maximum atomic E-state index is 12.3. The van der Waals surface area contributed by atoms with Crippen LogP contribution in [0.1, 0.15) is 10.4 Å². The quantitative estimate of drug-likeness (QED) is 0.494. The lowest BCUT2D eigenvalue weighted by Gasteiger charge is -2.09. The molecule has 0 heterocycles. The molecule has 3 rings (SSSR count). The van der Waals surface area contributed by atoms with Crippen molar-refractivity contribution in [3.05, 3.63) is 98.6 Å². The van der Waals surface area contributed by atoms with Crippen molar-refractivity contribution in [2.75, 3.05) is 5.43 Å². The van der Waals surface area contributed by atoms with E-state index < -0.39 is 27.1 Å². The predicted molar refractivity (Wildman–Crippen MR) is 103 cm³/mol. The summed E-state index contributed by atoms with van der Waals surface area (Å²) < 4.78 is 0. The number of hydrazine groups is 1. The van der Waals surface area contributed by atoms with Gasteiger partial charge in [-0.15, -0.1) is 0 Å². The maximum Gasteiger partial charge on any atom is 0.300 e. The Hall–Kier alpha value is -4.27. The standard InChI is InChI=1S/C19H14N4O5/c24-19(15-8-6-14(7-9-15)13-4-2-1-3-5-13)21-20-17-11-10-16(22(25)26)12-18(17)23(27)28/h1-12,20H,(H,21,24). The van der Waals surface area contributed by atoms with E-state index in [1.165, 1.54) is 0 Å². The molecular weight excluding hydrogens is 364 g/mol. The summed E-state index contributed by atoms with van der Waals surface area (Å²) in [6.07, 6.45) is 0. The summed E-state index contributed by atoms with van der Waals surface area (Å²) in [5.74, 6) is -0.507. The molecule has 9 nitrogen and oxygen atoms in total. The molecule has 0 fully saturated rings. The van der Waals surface area contributed by atoms with Crippen LogP contribution in [-0.4, -0.2) is 15.8 Å². The SMILES string of the molecule is O=C(NNc1ccc([N+](=O)[O-])cc1[N+](=O)[O-])c1ccc(-c2ccccc2)cc1. The first-order valence-electron chi connectivity index (χ1n) is 8.10. The van der Waals surface area contributed by atoms with Crippen LogP contribution in [0, 0.1) is 20.2 Å². The van der Waals surface area contributed by atoms with Crippen LogP contribution in [0.2, 0.25) is 0 Å². The lowest BCUT2D eigenvalue weighted by Crippen LogP contribution is -2.29. The first kappa shape index (κ1) is 18.5. The van der Waals surface area contributed by atoms with Gasteiger partial charge >= 0.3 is 5.69 Å². The molecule has 3 aromatic carbocycles. The first-order chi connectivity index (χ1) is 13.5. The van der Waals surface area contributed by atoms with E-state index in [4.69, 9.17) is 0 Å². The maximum absolute atomic E-state index is 12.3. The largest absolute Gasteiger partial charge is 0.300 e. The summed E-state index contributed by atoms with van der Waals surface area (Å²) in [4.78, 5) is 32.6. The van der Waals surface area contributed by atoms with Crippen LogP contribution in [0.4, 0.5) is 17.1 Å². The second-order valence-electron chi connectivity index (χ2n) is 5.74. The smallest absolute Gasteiger partial charge is 0.292 e. The third-order valence-corrected chi connectivity index (χ3v) is 3.95. The van der Waals surface area contributed by atoms with E-state index in [9.17, 15) is 25.0 Å². The van der Waals surface area contributed by atoms with Crippen LogP contribution < -0.4 is 10.9 Å². The summed E-state index contributed by atoms with van der Waals surface area (Å²) in [7, 11) is 0.